The van der Waals surface area contributed by atoms with Crippen molar-refractivity contribution < 1.29 is 4.42 Å². The van der Waals surface area contributed by atoms with E-state index >= 15 is 0 Å². The summed E-state index contributed by atoms with van der Waals surface area (Å²) in [6.07, 6.45) is 3.31. The first kappa shape index (κ1) is 13.3. The topological polar surface area (TPSA) is 109 Å². The van der Waals surface area contributed by atoms with Gasteiger partial charge < -0.3 is 20.5 Å². The lowest BCUT2D eigenvalue weighted by molar-refractivity contribution is 0.580. The Bertz CT molecular complexity index is 956. The molecule has 114 valence electrons. The minimum absolute atomic E-state index is 0.183. The molecule has 4 N–H and O–H groups in total. The van der Waals surface area contributed by atoms with Crippen LogP contribution >= 0.6 is 0 Å². The first-order valence-electron chi connectivity index (χ1n) is 7.07. The summed E-state index contributed by atoms with van der Waals surface area (Å²) in [7, 11) is 0. The van der Waals surface area contributed by atoms with Crippen LogP contribution in [0.3, 0.4) is 0 Å². The van der Waals surface area contributed by atoms with Gasteiger partial charge in [-0.1, -0.05) is 12.1 Å². The minimum atomic E-state index is 0.183. The standard InChI is InChI=1S/C16H14N6O/c17-11-5-3-10(4-6-11)8-22-9-19-14-13(12-2-1-7-23-12)20-16(18)21-15(14)22/h1-7,9H,8,17H2,(H2,18,20,21). The van der Waals surface area contributed by atoms with Crippen LogP contribution in [0.25, 0.3) is 22.6 Å². The number of hydrogen-bond donors (Lipinski definition) is 2. The molecule has 0 atom stereocenters. The number of benzene rings is 1. The minimum Gasteiger partial charge on any atom is -0.463 e. The van der Waals surface area contributed by atoms with E-state index in [9.17, 15) is 0 Å². The number of fused-ring (bicyclic) bond motifs is 1. The summed E-state index contributed by atoms with van der Waals surface area (Å²) in [4.78, 5) is 13.0. The highest BCUT2D eigenvalue weighted by Gasteiger charge is 2.15. The number of nitrogens with two attached hydrogens (primary N) is 2. The van der Waals surface area contributed by atoms with Crippen molar-refractivity contribution in [2.75, 3.05) is 11.5 Å². The summed E-state index contributed by atoms with van der Waals surface area (Å²) in [5.41, 5.74) is 15.3. The Kier molecular flexibility index (Phi) is 2.97. The van der Waals surface area contributed by atoms with Crippen molar-refractivity contribution in [1.29, 1.82) is 0 Å². The first-order chi connectivity index (χ1) is 11.2. The Hall–Kier alpha value is -3.35. The zero-order valence-corrected chi connectivity index (χ0v) is 12.2. The molecular formula is C16H14N6O. The maximum absolute atomic E-state index is 5.85. The van der Waals surface area contributed by atoms with Gasteiger partial charge in [-0.25, -0.2) is 9.97 Å². The molecule has 7 heteroatoms. The summed E-state index contributed by atoms with van der Waals surface area (Å²) < 4.78 is 7.34. The third-order valence-electron chi connectivity index (χ3n) is 3.57. The predicted molar refractivity (Wildman–Crippen MR) is 87.4 cm³/mol. The molecule has 0 spiro atoms. The Labute approximate surface area is 131 Å². The number of rotatable bonds is 3. The van der Waals surface area contributed by atoms with Gasteiger partial charge in [0, 0.05) is 5.69 Å². The van der Waals surface area contributed by atoms with E-state index in [-0.39, 0.29) is 5.95 Å². The van der Waals surface area contributed by atoms with E-state index in [4.69, 9.17) is 15.9 Å². The summed E-state index contributed by atoms with van der Waals surface area (Å²) in [6.45, 7) is 0.616. The Morgan fingerprint density at radius 2 is 1.87 bits per heavy atom. The van der Waals surface area contributed by atoms with Gasteiger partial charge >= 0.3 is 0 Å². The largest absolute Gasteiger partial charge is 0.463 e. The Balaban J connectivity index is 1.81. The van der Waals surface area contributed by atoms with Gasteiger partial charge in [-0.15, -0.1) is 0 Å². The summed E-state index contributed by atoms with van der Waals surface area (Å²) in [5.74, 6) is 0.796. The van der Waals surface area contributed by atoms with Crippen molar-refractivity contribution in [3.05, 3.63) is 54.6 Å². The number of nitrogen functional groups attached to an aromatic ring is 2. The second-order valence-corrected chi connectivity index (χ2v) is 5.19. The van der Waals surface area contributed by atoms with E-state index in [1.54, 1.807) is 18.7 Å². The highest BCUT2D eigenvalue weighted by molar-refractivity contribution is 5.86. The van der Waals surface area contributed by atoms with Gasteiger partial charge in [0.15, 0.2) is 11.4 Å². The fraction of sp³-hybridized carbons (Fsp3) is 0.0625. The SMILES string of the molecule is Nc1ccc(Cn2cnc3c(-c4ccco4)nc(N)nc32)cc1. The lowest BCUT2D eigenvalue weighted by Crippen LogP contribution is -2.03. The molecule has 0 radical (unpaired) electrons. The highest BCUT2D eigenvalue weighted by Crippen LogP contribution is 2.26. The molecule has 4 aromatic rings. The maximum atomic E-state index is 5.85. The van der Waals surface area contributed by atoms with Gasteiger partial charge in [-0.05, 0) is 29.8 Å². The molecule has 1 aromatic carbocycles. The van der Waals surface area contributed by atoms with Crippen molar-refractivity contribution in [1.82, 2.24) is 19.5 Å². The molecule has 0 aliphatic rings. The van der Waals surface area contributed by atoms with E-state index in [0.29, 0.717) is 29.2 Å². The average molecular weight is 306 g/mol. The van der Waals surface area contributed by atoms with Crippen LogP contribution in [0.2, 0.25) is 0 Å². The van der Waals surface area contributed by atoms with E-state index in [1.165, 1.54) is 0 Å². The van der Waals surface area contributed by atoms with Gasteiger partial charge in [0.2, 0.25) is 5.95 Å². The number of imidazole rings is 1. The fourth-order valence-corrected chi connectivity index (χ4v) is 2.48. The van der Waals surface area contributed by atoms with Crippen LogP contribution in [0.1, 0.15) is 5.56 Å². The number of anilines is 2. The van der Waals surface area contributed by atoms with Crippen molar-refractivity contribution in [2.24, 2.45) is 0 Å². The van der Waals surface area contributed by atoms with Crippen LogP contribution in [0.4, 0.5) is 11.6 Å². The second-order valence-electron chi connectivity index (χ2n) is 5.19. The van der Waals surface area contributed by atoms with E-state index in [0.717, 1.165) is 11.3 Å². The molecule has 3 aromatic heterocycles. The normalized spacial score (nSPS) is 11.1. The molecule has 23 heavy (non-hydrogen) atoms. The third-order valence-corrected chi connectivity index (χ3v) is 3.57. The zero-order valence-electron chi connectivity index (χ0n) is 12.2. The van der Waals surface area contributed by atoms with Gasteiger partial charge in [0.25, 0.3) is 0 Å². The van der Waals surface area contributed by atoms with E-state index < -0.39 is 0 Å². The molecule has 7 nitrogen and oxygen atoms in total. The van der Waals surface area contributed by atoms with E-state index in [2.05, 4.69) is 15.0 Å². The summed E-state index contributed by atoms with van der Waals surface area (Å²) >= 11 is 0. The first-order valence-corrected chi connectivity index (χ1v) is 7.07. The summed E-state index contributed by atoms with van der Waals surface area (Å²) in [5, 5.41) is 0. The van der Waals surface area contributed by atoms with Crippen molar-refractivity contribution in [3.8, 4) is 11.5 Å². The molecule has 0 saturated heterocycles. The second kappa shape index (κ2) is 5.13. The quantitative estimate of drug-likeness (QED) is 0.562. The lowest BCUT2D eigenvalue weighted by Gasteiger charge is -2.06. The van der Waals surface area contributed by atoms with Crippen molar-refractivity contribution >= 4 is 22.8 Å². The predicted octanol–water partition coefficient (Wildman–Crippen LogP) is 2.30. The van der Waals surface area contributed by atoms with Crippen LogP contribution in [0.15, 0.2) is 53.4 Å². The highest BCUT2D eigenvalue weighted by atomic mass is 16.3. The number of hydrogen-bond acceptors (Lipinski definition) is 6. The molecule has 3 heterocycles. The molecule has 0 bridgehead atoms. The van der Waals surface area contributed by atoms with Gasteiger partial charge in [0.1, 0.15) is 11.2 Å². The van der Waals surface area contributed by atoms with Crippen molar-refractivity contribution in [2.45, 2.75) is 6.54 Å². The number of aromatic nitrogens is 4. The molecule has 0 aliphatic carbocycles. The smallest absolute Gasteiger partial charge is 0.222 e. The van der Waals surface area contributed by atoms with E-state index in [1.807, 2.05) is 34.9 Å². The third kappa shape index (κ3) is 2.38. The Morgan fingerprint density at radius 1 is 1.04 bits per heavy atom. The van der Waals surface area contributed by atoms with Crippen LogP contribution in [-0.2, 0) is 6.54 Å². The average Bonchev–Trinajstić information content (AvgIpc) is 3.19. The zero-order chi connectivity index (χ0) is 15.8. The lowest BCUT2D eigenvalue weighted by atomic mass is 10.2. The summed E-state index contributed by atoms with van der Waals surface area (Å²) in [6, 6.07) is 11.3. The molecule has 0 unspecified atom stereocenters. The van der Waals surface area contributed by atoms with Gasteiger partial charge in [0.05, 0.1) is 19.1 Å². The monoisotopic (exact) mass is 306 g/mol. The molecule has 0 aliphatic heterocycles. The fourth-order valence-electron chi connectivity index (χ4n) is 2.48. The van der Waals surface area contributed by atoms with Crippen LogP contribution in [0.5, 0.6) is 0 Å². The molecule has 4 rings (SSSR count). The van der Waals surface area contributed by atoms with Gasteiger partial charge in [-0.3, -0.25) is 0 Å². The molecule has 0 saturated carbocycles. The van der Waals surface area contributed by atoms with Crippen LogP contribution < -0.4 is 11.5 Å². The Morgan fingerprint density at radius 3 is 2.61 bits per heavy atom. The number of furan rings is 1. The molecule has 0 fully saturated rings. The molecule has 0 amide bonds. The van der Waals surface area contributed by atoms with Crippen LogP contribution in [0, 0.1) is 0 Å². The van der Waals surface area contributed by atoms with Crippen molar-refractivity contribution in [3.63, 3.8) is 0 Å². The van der Waals surface area contributed by atoms with Crippen LogP contribution in [-0.4, -0.2) is 19.5 Å². The number of nitrogens with zero attached hydrogens (tertiary/aromatic N) is 4. The van der Waals surface area contributed by atoms with Gasteiger partial charge in [-0.2, -0.15) is 4.98 Å². The maximum Gasteiger partial charge on any atom is 0.222 e. The molecular weight excluding hydrogens is 292 g/mol.